The normalized spacial score (nSPS) is 10.8. The van der Waals surface area contributed by atoms with E-state index in [1.54, 1.807) is 12.1 Å². The summed E-state index contributed by atoms with van der Waals surface area (Å²) in [5.41, 5.74) is 2.67. The van der Waals surface area contributed by atoms with Gasteiger partial charge in [-0.05, 0) is 49.2 Å². The average molecular weight is 356 g/mol. The number of nitro benzene ring substituents is 1. The maximum atomic E-state index is 10.9. The van der Waals surface area contributed by atoms with Gasteiger partial charge in [-0.2, -0.15) is 0 Å². The molecule has 2 aromatic carbocycles. The number of halogens is 1. The average Bonchev–Trinajstić information content (AvgIpc) is 2.63. The van der Waals surface area contributed by atoms with Crippen molar-refractivity contribution in [1.29, 1.82) is 0 Å². The second-order valence-corrected chi connectivity index (χ2v) is 6.05. The summed E-state index contributed by atoms with van der Waals surface area (Å²) in [5, 5.41) is 12.4. The Bertz CT molecular complexity index is 922. The molecule has 0 saturated heterocycles. The van der Waals surface area contributed by atoms with Crippen LogP contribution < -0.4 is 4.90 Å². The molecule has 0 amide bonds. The topological polar surface area (TPSA) is 59.3 Å². The van der Waals surface area contributed by atoms with Gasteiger partial charge in [0.2, 0.25) is 0 Å². The van der Waals surface area contributed by atoms with Crippen molar-refractivity contribution in [2.75, 3.05) is 18.0 Å². The van der Waals surface area contributed by atoms with Crippen LogP contribution >= 0.6 is 11.6 Å². The molecule has 0 N–H and O–H groups in total. The highest BCUT2D eigenvalue weighted by Crippen LogP contribution is 2.35. The molecule has 0 bridgehead atoms. The van der Waals surface area contributed by atoms with Crippen LogP contribution in [0.2, 0.25) is 5.02 Å². The maximum absolute atomic E-state index is 10.9. The lowest BCUT2D eigenvalue weighted by atomic mass is 10.0. The molecule has 0 radical (unpaired) electrons. The van der Waals surface area contributed by atoms with Gasteiger partial charge in [-0.15, -0.1) is 0 Å². The number of pyridine rings is 1. The van der Waals surface area contributed by atoms with E-state index in [4.69, 9.17) is 16.6 Å². The van der Waals surface area contributed by atoms with Crippen LogP contribution in [0.25, 0.3) is 22.0 Å². The Balaban J connectivity index is 2.24. The molecular weight excluding hydrogens is 338 g/mol. The molecule has 0 saturated carbocycles. The van der Waals surface area contributed by atoms with Gasteiger partial charge < -0.3 is 4.90 Å². The summed E-state index contributed by atoms with van der Waals surface area (Å²) in [6, 6.07) is 14.3. The number of hydrogen-bond acceptors (Lipinski definition) is 4. The minimum absolute atomic E-state index is 0.0733. The third-order valence-electron chi connectivity index (χ3n) is 4.25. The Labute approximate surface area is 151 Å². The highest BCUT2D eigenvalue weighted by atomic mass is 35.5. The molecule has 6 heteroatoms. The highest BCUT2D eigenvalue weighted by molar-refractivity contribution is 6.35. The number of nitrogens with zero attached hydrogens (tertiary/aromatic N) is 3. The fourth-order valence-corrected chi connectivity index (χ4v) is 3.13. The molecule has 0 aliphatic heterocycles. The third kappa shape index (κ3) is 3.28. The van der Waals surface area contributed by atoms with Gasteiger partial charge in [0.1, 0.15) is 5.82 Å². The van der Waals surface area contributed by atoms with Crippen LogP contribution in [0, 0.1) is 10.1 Å². The summed E-state index contributed by atoms with van der Waals surface area (Å²) in [7, 11) is 0. The van der Waals surface area contributed by atoms with Gasteiger partial charge >= 0.3 is 0 Å². The largest absolute Gasteiger partial charge is 0.357 e. The summed E-state index contributed by atoms with van der Waals surface area (Å²) >= 11 is 6.38. The molecule has 0 aliphatic carbocycles. The molecule has 0 unspecified atom stereocenters. The third-order valence-corrected chi connectivity index (χ3v) is 4.56. The molecule has 0 atom stereocenters. The molecule has 0 spiro atoms. The van der Waals surface area contributed by atoms with Crippen molar-refractivity contribution in [2.45, 2.75) is 13.8 Å². The van der Waals surface area contributed by atoms with E-state index in [1.807, 2.05) is 24.3 Å². The van der Waals surface area contributed by atoms with Gasteiger partial charge in [0.25, 0.3) is 5.69 Å². The first-order chi connectivity index (χ1) is 12.0. The second-order valence-electron chi connectivity index (χ2n) is 5.64. The summed E-state index contributed by atoms with van der Waals surface area (Å²) in [6.45, 7) is 5.82. The molecule has 1 aromatic heterocycles. The molecular formula is C19H18ClN3O2. The van der Waals surface area contributed by atoms with Crippen LogP contribution in [0.1, 0.15) is 13.8 Å². The predicted octanol–water partition coefficient (Wildman–Crippen LogP) is 5.31. The molecule has 3 aromatic rings. The Kier molecular flexibility index (Phi) is 4.86. The van der Waals surface area contributed by atoms with E-state index in [1.165, 1.54) is 12.1 Å². The van der Waals surface area contributed by atoms with Crippen molar-refractivity contribution in [3.63, 3.8) is 0 Å². The first-order valence-electron chi connectivity index (χ1n) is 8.14. The van der Waals surface area contributed by atoms with Gasteiger partial charge in [0.05, 0.1) is 15.5 Å². The van der Waals surface area contributed by atoms with E-state index in [0.717, 1.165) is 40.9 Å². The fraction of sp³-hybridized carbons (Fsp3) is 0.211. The molecule has 1 heterocycles. The van der Waals surface area contributed by atoms with Crippen molar-refractivity contribution < 1.29 is 4.92 Å². The number of fused-ring (bicyclic) bond motifs is 1. The van der Waals surface area contributed by atoms with E-state index in [9.17, 15) is 10.1 Å². The summed E-state index contributed by atoms with van der Waals surface area (Å²) < 4.78 is 0. The quantitative estimate of drug-likeness (QED) is 0.459. The molecule has 0 aliphatic rings. The zero-order valence-corrected chi connectivity index (χ0v) is 14.8. The number of non-ortho nitro benzene ring substituents is 1. The van der Waals surface area contributed by atoms with Crippen LogP contribution in [0.5, 0.6) is 0 Å². The Morgan fingerprint density at radius 2 is 1.80 bits per heavy atom. The lowest BCUT2D eigenvalue weighted by Crippen LogP contribution is -2.23. The van der Waals surface area contributed by atoms with Crippen LogP contribution in [0.15, 0.2) is 48.5 Å². The predicted molar refractivity (Wildman–Crippen MR) is 102 cm³/mol. The number of nitro groups is 1. The molecule has 5 nitrogen and oxygen atoms in total. The van der Waals surface area contributed by atoms with Gasteiger partial charge in [-0.1, -0.05) is 23.7 Å². The monoisotopic (exact) mass is 355 g/mol. The fourth-order valence-electron chi connectivity index (χ4n) is 2.91. The molecule has 128 valence electrons. The first kappa shape index (κ1) is 17.2. The van der Waals surface area contributed by atoms with Gasteiger partial charge in [0.15, 0.2) is 0 Å². The van der Waals surface area contributed by atoms with Crippen LogP contribution in [-0.4, -0.2) is 23.0 Å². The van der Waals surface area contributed by atoms with E-state index in [2.05, 4.69) is 18.7 Å². The van der Waals surface area contributed by atoms with Gasteiger partial charge in [0, 0.05) is 30.6 Å². The molecule has 0 fully saturated rings. The van der Waals surface area contributed by atoms with Gasteiger partial charge in [-0.3, -0.25) is 10.1 Å². The summed E-state index contributed by atoms with van der Waals surface area (Å²) in [4.78, 5) is 17.4. The van der Waals surface area contributed by atoms with Crippen molar-refractivity contribution >= 4 is 34.0 Å². The van der Waals surface area contributed by atoms with Gasteiger partial charge in [-0.25, -0.2) is 4.98 Å². The SMILES string of the molecule is CCN(CC)c1cc(-c2ccc([N+](=O)[O-])cc2)c2cccc(Cl)c2n1. The minimum atomic E-state index is -0.396. The zero-order valence-electron chi connectivity index (χ0n) is 14.1. The Hall–Kier alpha value is -2.66. The van der Waals surface area contributed by atoms with E-state index < -0.39 is 4.92 Å². The lowest BCUT2D eigenvalue weighted by molar-refractivity contribution is -0.384. The number of aromatic nitrogens is 1. The number of para-hydroxylation sites is 1. The smallest absolute Gasteiger partial charge is 0.269 e. The van der Waals surface area contributed by atoms with Crippen LogP contribution in [-0.2, 0) is 0 Å². The van der Waals surface area contributed by atoms with E-state index in [-0.39, 0.29) is 5.69 Å². The summed E-state index contributed by atoms with van der Waals surface area (Å²) in [5.74, 6) is 0.846. The van der Waals surface area contributed by atoms with Crippen LogP contribution in [0.3, 0.4) is 0 Å². The zero-order chi connectivity index (χ0) is 18.0. The number of anilines is 1. The number of rotatable bonds is 5. The van der Waals surface area contributed by atoms with Crippen molar-refractivity contribution in [2.24, 2.45) is 0 Å². The number of hydrogen-bond donors (Lipinski definition) is 0. The van der Waals surface area contributed by atoms with Crippen molar-refractivity contribution in [1.82, 2.24) is 4.98 Å². The van der Waals surface area contributed by atoms with Crippen LogP contribution in [0.4, 0.5) is 11.5 Å². The highest BCUT2D eigenvalue weighted by Gasteiger charge is 2.14. The lowest BCUT2D eigenvalue weighted by Gasteiger charge is -2.21. The standard InChI is InChI=1S/C19H18ClN3O2/c1-3-22(4-2)18-12-16(13-8-10-14(11-9-13)23(24)25)15-6-5-7-17(20)19(15)21-18/h5-12H,3-4H2,1-2H3. The Morgan fingerprint density at radius 1 is 1.12 bits per heavy atom. The second kappa shape index (κ2) is 7.07. The Morgan fingerprint density at radius 3 is 2.40 bits per heavy atom. The number of benzene rings is 2. The van der Waals surface area contributed by atoms with Crippen molar-refractivity contribution in [3.8, 4) is 11.1 Å². The van der Waals surface area contributed by atoms with Crippen molar-refractivity contribution in [3.05, 3.63) is 63.7 Å². The first-order valence-corrected chi connectivity index (χ1v) is 8.52. The minimum Gasteiger partial charge on any atom is -0.357 e. The molecule has 3 rings (SSSR count). The molecule has 25 heavy (non-hydrogen) atoms. The summed E-state index contributed by atoms with van der Waals surface area (Å²) in [6.07, 6.45) is 0. The van der Waals surface area contributed by atoms with E-state index >= 15 is 0 Å². The van der Waals surface area contributed by atoms with E-state index in [0.29, 0.717) is 5.02 Å². The maximum Gasteiger partial charge on any atom is 0.269 e.